The molecule has 10 nitrogen and oxygen atoms in total. The smallest absolute Gasteiger partial charge is 0.280 e. The third-order valence-corrected chi connectivity index (χ3v) is 3.64. The molecule has 0 radical (unpaired) electrons. The third kappa shape index (κ3) is 2.08. The number of rotatable bonds is 3. The molecule has 3 heterocycles. The lowest BCUT2D eigenvalue weighted by molar-refractivity contribution is -0.0496. The molecule has 0 amide bonds. The molecule has 21 heavy (non-hydrogen) atoms. The summed E-state index contributed by atoms with van der Waals surface area (Å²) < 4.78 is 6.89. The number of aliphatic hydroxyl groups is 3. The molecule has 3 rings (SSSR count). The van der Waals surface area contributed by atoms with Gasteiger partial charge < -0.3 is 25.8 Å². The van der Waals surface area contributed by atoms with E-state index in [1.165, 1.54) is 10.9 Å². The number of imidazole rings is 1. The van der Waals surface area contributed by atoms with E-state index < -0.39 is 29.9 Å². The summed E-state index contributed by atoms with van der Waals surface area (Å²) in [5, 5.41) is 28.8. The molecule has 10 heteroatoms. The normalized spacial score (nSPS) is 29.3. The van der Waals surface area contributed by atoms with Gasteiger partial charge in [-0.1, -0.05) is 0 Å². The molecular formula is C11H15N5O5. The zero-order valence-electron chi connectivity index (χ0n) is 10.9. The summed E-state index contributed by atoms with van der Waals surface area (Å²) in [5.41, 5.74) is 5.23. The third-order valence-electron chi connectivity index (χ3n) is 3.64. The molecule has 0 aromatic carbocycles. The highest BCUT2D eigenvalue weighted by molar-refractivity contribution is 5.70. The molecule has 0 saturated carbocycles. The Morgan fingerprint density at radius 1 is 1.43 bits per heavy atom. The Kier molecular flexibility index (Phi) is 3.37. The van der Waals surface area contributed by atoms with Gasteiger partial charge in [-0.05, 0) is 0 Å². The van der Waals surface area contributed by atoms with Crippen molar-refractivity contribution in [3.63, 3.8) is 0 Å². The molecule has 114 valence electrons. The van der Waals surface area contributed by atoms with Crippen LogP contribution in [0.5, 0.6) is 0 Å². The van der Waals surface area contributed by atoms with Gasteiger partial charge in [0.1, 0.15) is 6.10 Å². The fourth-order valence-electron chi connectivity index (χ4n) is 2.56. The van der Waals surface area contributed by atoms with E-state index in [1.807, 2.05) is 0 Å². The number of nitrogens with zero attached hydrogens (tertiary/aromatic N) is 3. The first-order chi connectivity index (χ1) is 10.1. The van der Waals surface area contributed by atoms with Gasteiger partial charge in [0.25, 0.3) is 5.56 Å². The first-order valence-electron chi connectivity index (χ1n) is 6.34. The van der Waals surface area contributed by atoms with Crippen LogP contribution in [0, 0.1) is 5.92 Å². The number of aromatic nitrogens is 4. The lowest BCUT2D eigenvalue weighted by atomic mass is 9.99. The second-order valence-corrected chi connectivity index (χ2v) is 4.86. The Morgan fingerprint density at radius 3 is 2.81 bits per heavy atom. The predicted molar refractivity (Wildman–Crippen MR) is 70.1 cm³/mol. The van der Waals surface area contributed by atoms with Crippen LogP contribution in [-0.4, -0.2) is 60.3 Å². The van der Waals surface area contributed by atoms with Crippen molar-refractivity contribution < 1.29 is 20.1 Å². The van der Waals surface area contributed by atoms with Crippen molar-refractivity contribution in [2.24, 2.45) is 5.92 Å². The van der Waals surface area contributed by atoms with E-state index in [9.17, 15) is 20.1 Å². The molecule has 2 aromatic heterocycles. The molecule has 0 spiro atoms. The van der Waals surface area contributed by atoms with Crippen LogP contribution >= 0.6 is 0 Å². The molecule has 1 fully saturated rings. The highest BCUT2D eigenvalue weighted by atomic mass is 16.5. The van der Waals surface area contributed by atoms with Gasteiger partial charge >= 0.3 is 0 Å². The average molecular weight is 297 g/mol. The van der Waals surface area contributed by atoms with Crippen LogP contribution in [0.3, 0.4) is 0 Å². The first-order valence-corrected chi connectivity index (χ1v) is 6.34. The number of aliphatic hydroxyl groups excluding tert-OH is 3. The molecule has 1 saturated heterocycles. The van der Waals surface area contributed by atoms with Gasteiger partial charge in [0.15, 0.2) is 17.4 Å². The van der Waals surface area contributed by atoms with Crippen LogP contribution in [-0.2, 0) is 4.74 Å². The summed E-state index contributed by atoms with van der Waals surface area (Å²) in [6, 6.07) is 0. The first kappa shape index (κ1) is 13.9. The molecule has 0 bridgehead atoms. The van der Waals surface area contributed by atoms with Gasteiger partial charge in [-0.2, -0.15) is 4.98 Å². The zero-order chi connectivity index (χ0) is 15.1. The molecule has 6 N–H and O–H groups in total. The van der Waals surface area contributed by atoms with E-state index in [0.29, 0.717) is 0 Å². The predicted octanol–water partition coefficient (Wildman–Crippen LogP) is -2.44. The number of H-pyrrole nitrogens is 1. The van der Waals surface area contributed by atoms with Gasteiger partial charge in [-0.15, -0.1) is 0 Å². The molecule has 1 aliphatic rings. The van der Waals surface area contributed by atoms with Gasteiger partial charge in [0.2, 0.25) is 5.95 Å². The highest BCUT2D eigenvalue weighted by Crippen LogP contribution is 2.34. The summed E-state index contributed by atoms with van der Waals surface area (Å²) in [6.45, 7) is -0.687. The topological polar surface area (TPSA) is 160 Å². The van der Waals surface area contributed by atoms with Crippen molar-refractivity contribution in [2.75, 3.05) is 18.9 Å². The quantitative estimate of drug-likeness (QED) is 0.417. The Labute approximate surface area is 117 Å². The number of hydrogen-bond acceptors (Lipinski definition) is 8. The SMILES string of the molecule is Nc1nc2c(ncn2[C@@H]2OC(CO)[C@@H](CO)[C@H]2O)c(=O)[nH]1. The fraction of sp³-hybridized carbons (Fsp3) is 0.545. The fourth-order valence-corrected chi connectivity index (χ4v) is 2.56. The summed E-state index contributed by atoms with van der Waals surface area (Å²) in [5.74, 6) is -0.726. The summed E-state index contributed by atoms with van der Waals surface area (Å²) in [7, 11) is 0. The van der Waals surface area contributed by atoms with Gasteiger partial charge in [0.05, 0.1) is 25.6 Å². The minimum Gasteiger partial charge on any atom is -0.396 e. The molecule has 1 aliphatic heterocycles. The van der Waals surface area contributed by atoms with E-state index in [1.54, 1.807) is 0 Å². The summed E-state index contributed by atoms with van der Waals surface area (Å²) in [4.78, 5) is 21.9. The maximum Gasteiger partial charge on any atom is 0.280 e. The van der Waals surface area contributed by atoms with Crippen LogP contribution in [0.25, 0.3) is 11.2 Å². The molecule has 2 aromatic rings. The Balaban J connectivity index is 2.07. The number of nitrogens with one attached hydrogen (secondary N) is 1. The molecular weight excluding hydrogens is 282 g/mol. The van der Waals surface area contributed by atoms with Crippen molar-refractivity contribution in [3.8, 4) is 0 Å². The van der Waals surface area contributed by atoms with E-state index in [-0.39, 0.29) is 30.3 Å². The van der Waals surface area contributed by atoms with Crippen molar-refractivity contribution >= 4 is 17.1 Å². The maximum absolute atomic E-state index is 11.7. The standard InChI is InChI=1S/C11H15N5O5/c12-11-14-8-6(9(20)15-11)13-3-16(8)10-7(19)4(1-17)5(2-18)21-10/h3-5,7,10,17-19H,1-2H2,(H3,12,14,15,20)/t4-,5?,7-,10-/m1/s1. The van der Waals surface area contributed by atoms with E-state index in [2.05, 4.69) is 15.0 Å². The van der Waals surface area contributed by atoms with E-state index in [0.717, 1.165) is 0 Å². The van der Waals surface area contributed by atoms with Crippen LogP contribution in [0.1, 0.15) is 6.23 Å². The van der Waals surface area contributed by atoms with Crippen LogP contribution in [0.15, 0.2) is 11.1 Å². The van der Waals surface area contributed by atoms with E-state index in [4.69, 9.17) is 10.5 Å². The Hall–Kier alpha value is -2.01. The van der Waals surface area contributed by atoms with Gasteiger partial charge in [-0.25, -0.2) is 4.98 Å². The molecule has 1 unspecified atom stereocenters. The minimum absolute atomic E-state index is 0.0630. The lowest BCUT2D eigenvalue weighted by Crippen LogP contribution is -2.30. The number of nitrogen functional groups attached to an aromatic ring is 1. The number of anilines is 1. The highest BCUT2D eigenvalue weighted by Gasteiger charge is 2.44. The van der Waals surface area contributed by atoms with Gasteiger partial charge in [-0.3, -0.25) is 14.3 Å². The number of ether oxygens (including phenoxy) is 1. The zero-order valence-corrected chi connectivity index (χ0v) is 10.9. The van der Waals surface area contributed by atoms with Crippen molar-refractivity contribution in [3.05, 3.63) is 16.7 Å². The average Bonchev–Trinajstić information content (AvgIpc) is 2.99. The summed E-state index contributed by atoms with van der Waals surface area (Å²) >= 11 is 0. The molecule has 0 aliphatic carbocycles. The Bertz CT molecular complexity index is 713. The van der Waals surface area contributed by atoms with Crippen molar-refractivity contribution in [1.29, 1.82) is 0 Å². The van der Waals surface area contributed by atoms with Crippen LogP contribution in [0.2, 0.25) is 0 Å². The second-order valence-electron chi connectivity index (χ2n) is 4.86. The maximum atomic E-state index is 11.7. The van der Waals surface area contributed by atoms with Crippen molar-refractivity contribution in [1.82, 2.24) is 19.5 Å². The lowest BCUT2D eigenvalue weighted by Gasteiger charge is -2.17. The largest absolute Gasteiger partial charge is 0.396 e. The monoisotopic (exact) mass is 297 g/mol. The van der Waals surface area contributed by atoms with Crippen LogP contribution in [0.4, 0.5) is 5.95 Å². The minimum atomic E-state index is -1.08. The number of aromatic amines is 1. The number of fused-ring (bicyclic) bond motifs is 1. The van der Waals surface area contributed by atoms with Crippen molar-refractivity contribution in [2.45, 2.75) is 18.4 Å². The molecule has 4 atom stereocenters. The Morgan fingerprint density at radius 2 is 2.19 bits per heavy atom. The van der Waals surface area contributed by atoms with Crippen LogP contribution < -0.4 is 11.3 Å². The number of nitrogens with two attached hydrogens (primary N) is 1. The second kappa shape index (κ2) is 5.07. The summed E-state index contributed by atoms with van der Waals surface area (Å²) in [6.07, 6.45) is -1.41. The van der Waals surface area contributed by atoms with Gasteiger partial charge in [0, 0.05) is 5.92 Å². The van der Waals surface area contributed by atoms with E-state index >= 15 is 0 Å². The number of hydrogen-bond donors (Lipinski definition) is 5.